The summed E-state index contributed by atoms with van der Waals surface area (Å²) in [6.07, 6.45) is 4.97. The van der Waals surface area contributed by atoms with Crippen LogP contribution in [0.2, 0.25) is 0 Å². The van der Waals surface area contributed by atoms with Crippen molar-refractivity contribution in [3.05, 3.63) is 29.6 Å². The van der Waals surface area contributed by atoms with Gasteiger partial charge in [-0.3, -0.25) is 0 Å². The van der Waals surface area contributed by atoms with E-state index < -0.39 is 0 Å². The lowest BCUT2D eigenvalue weighted by Gasteiger charge is -2.05. The molecule has 1 aliphatic carbocycles. The molecule has 1 aromatic heterocycles. The molecule has 0 amide bonds. The molecule has 0 radical (unpaired) electrons. The van der Waals surface area contributed by atoms with Gasteiger partial charge in [0.1, 0.15) is 5.82 Å². The van der Waals surface area contributed by atoms with E-state index in [4.69, 9.17) is 4.98 Å². The summed E-state index contributed by atoms with van der Waals surface area (Å²) in [5, 5.41) is 3.37. The molecule has 102 valence electrons. The van der Waals surface area contributed by atoms with Crippen LogP contribution in [0.25, 0.3) is 11.0 Å². The number of imidazole rings is 1. The molecule has 0 spiro atoms. The smallest absolute Gasteiger partial charge is 0.106 e. The maximum atomic E-state index is 4.73. The summed E-state index contributed by atoms with van der Waals surface area (Å²) in [5.41, 5.74) is 3.90. The van der Waals surface area contributed by atoms with Gasteiger partial charge >= 0.3 is 0 Å². The van der Waals surface area contributed by atoms with Gasteiger partial charge in [-0.15, -0.1) is 0 Å². The van der Waals surface area contributed by atoms with Crippen molar-refractivity contribution in [1.29, 1.82) is 0 Å². The first-order valence-electron chi connectivity index (χ1n) is 7.47. The van der Waals surface area contributed by atoms with Crippen molar-refractivity contribution in [2.75, 3.05) is 13.1 Å². The first-order chi connectivity index (χ1) is 9.29. The van der Waals surface area contributed by atoms with E-state index in [0.717, 1.165) is 19.5 Å². The van der Waals surface area contributed by atoms with E-state index >= 15 is 0 Å². The van der Waals surface area contributed by atoms with Gasteiger partial charge in [-0.2, -0.15) is 0 Å². The predicted molar refractivity (Wildman–Crippen MR) is 79.6 cm³/mol. The van der Waals surface area contributed by atoms with Crippen LogP contribution in [0.3, 0.4) is 0 Å². The van der Waals surface area contributed by atoms with Crippen molar-refractivity contribution in [3.8, 4) is 0 Å². The Morgan fingerprint density at radius 1 is 1.37 bits per heavy atom. The fraction of sp³-hybridized carbons (Fsp3) is 0.562. The molecule has 0 bridgehead atoms. The van der Waals surface area contributed by atoms with Gasteiger partial charge in [-0.1, -0.05) is 13.0 Å². The zero-order chi connectivity index (χ0) is 13.2. The van der Waals surface area contributed by atoms with Gasteiger partial charge in [-0.05, 0) is 63.4 Å². The Kier molecular flexibility index (Phi) is 3.56. The number of benzene rings is 1. The number of hydrogen-bond acceptors (Lipinski definition) is 2. The van der Waals surface area contributed by atoms with Crippen LogP contribution in [0.15, 0.2) is 18.2 Å². The first kappa shape index (κ1) is 12.7. The number of nitrogens with zero attached hydrogens (tertiary/aromatic N) is 2. The second-order valence-corrected chi connectivity index (χ2v) is 5.54. The predicted octanol–water partition coefficient (Wildman–Crippen LogP) is 3.22. The quantitative estimate of drug-likeness (QED) is 0.805. The van der Waals surface area contributed by atoms with Crippen LogP contribution in [0, 0.1) is 6.92 Å². The average molecular weight is 257 g/mol. The van der Waals surface area contributed by atoms with E-state index in [1.165, 1.54) is 41.7 Å². The van der Waals surface area contributed by atoms with Crippen LogP contribution < -0.4 is 5.32 Å². The minimum absolute atomic E-state index is 0.713. The lowest BCUT2D eigenvalue weighted by atomic mass is 10.1. The third-order valence-electron chi connectivity index (χ3n) is 3.91. The fourth-order valence-corrected chi connectivity index (χ4v) is 2.81. The second kappa shape index (κ2) is 5.33. The molecule has 3 nitrogen and oxygen atoms in total. The van der Waals surface area contributed by atoms with Crippen molar-refractivity contribution in [3.63, 3.8) is 0 Å². The average Bonchev–Trinajstić information content (AvgIpc) is 3.17. The Hall–Kier alpha value is -1.35. The van der Waals surface area contributed by atoms with Crippen molar-refractivity contribution in [2.24, 2.45) is 0 Å². The van der Waals surface area contributed by atoms with Gasteiger partial charge < -0.3 is 9.88 Å². The third-order valence-corrected chi connectivity index (χ3v) is 3.91. The van der Waals surface area contributed by atoms with E-state index in [9.17, 15) is 0 Å². The Labute approximate surface area is 115 Å². The van der Waals surface area contributed by atoms with Gasteiger partial charge in [0, 0.05) is 6.04 Å². The van der Waals surface area contributed by atoms with Crippen LogP contribution in [0.5, 0.6) is 0 Å². The zero-order valence-electron chi connectivity index (χ0n) is 11.9. The summed E-state index contributed by atoms with van der Waals surface area (Å²) in [4.78, 5) is 4.73. The highest BCUT2D eigenvalue weighted by Gasteiger charge is 2.26. The molecule has 2 aromatic rings. The molecule has 1 aliphatic rings. The van der Waals surface area contributed by atoms with Crippen LogP contribution >= 0.6 is 0 Å². The molecule has 1 saturated carbocycles. The normalized spacial score (nSPS) is 15.3. The summed E-state index contributed by atoms with van der Waals surface area (Å²) in [7, 11) is 0. The lowest BCUT2D eigenvalue weighted by Crippen LogP contribution is -2.14. The van der Waals surface area contributed by atoms with Crippen LogP contribution in [-0.2, 0) is 6.42 Å². The van der Waals surface area contributed by atoms with Crippen LogP contribution in [-0.4, -0.2) is 22.6 Å². The molecule has 0 saturated heterocycles. The van der Waals surface area contributed by atoms with Crippen molar-refractivity contribution in [1.82, 2.24) is 14.9 Å². The van der Waals surface area contributed by atoms with Crippen LogP contribution in [0.1, 0.15) is 43.6 Å². The molecular weight excluding hydrogens is 234 g/mol. The maximum Gasteiger partial charge on any atom is 0.106 e. The van der Waals surface area contributed by atoms with E-state index in [1.54, 1.807) is 0 Å². The van der Waals surface area contributed by atoms with Gasteiger partial charge in [-0.25, -0.2) is 4.98 Å². The Morgan fingerprint density at radius 3 is 2.95 bits per heavy atom. The van der Waals surface area contributed by atoms with Gasteiger partial charge in [0.15, 0.2) is 0 Å². The lowest BCUT2D eigenvalue weighted by molar-refractivity contribution is 0.673. The highest BCUT2D eigenvalue weighted by molar-refractivity contribution is 5.77. The monoisotopic (exact) mass is 257 g/mol. The molecule has 3 heteroatoms. The van der Waals surface area contributed by atoms with E-state index in [2.05, 4.69) is 41.9 Å². The summed E-state index contributed by atoms with van der Waals surface area (Å²) in [6, 6.07) is 7.52. The molecule has 1 fully saturated rings. The van der Waals surface area contributed by atoms with Gasteiger partial charge in [0.2, 0.25) is 0 Å². The highest BCUT2D eigenvalue weighted by Crippen LogP contribution is 2.38. The molecule has 0 atom stereocenters. The number of hydrogen-bond donors (Lipinski definition) is 1. The second-order valence-electron chi connectivity index (χ2n) is 5.54. The summed E-state index contributed by atoms with van der Waals surface area (Å²) in [5.74, 6) is 1.17. The molecule has 1 heterocycles. The molecule has 0 aliphatic heterocycles. The highest BCUT2D eigenvalue weighted by atomic mass is 15.1. The van der Waals surface area contributed by atoms with Crippen LogP contribution in [0.4, 0.5) is 0 Å². The molecule has 0 unspecified atom stereocenters. The van der Waals surface area contributed by atoms with Gasteiger partial charge in [0.05, 0.1) is 11.0 Å². The van der Waals surface area contributed by atoms with Gasteiger partial charge in [0.25, 0.3) is 0 Å². The maximum absolute atomic E-state index is 4.73. The molecule has 1 N–H and O–H groups in total. The number of aromatic nitrogens is 2. The number of aryl methyl sites for hydroxylation is 2. The summed E-state index contributed by atoms with van der Waals surface area (Å²) < 4.78 is 2.41. The van der Waals surface area contributed by atoms with Crippen molar-refractivity contribution < 1.29 is 0 Å². The zero-order valence-corrected chi connectivity index (χ0v) is 11.9. The Bertz CT molecular complexity index is 567. The first-order valence-corrected chi connectivity index (χ1v) is 7.47. The minimum atomic E-state index is 0.713. The number of nitrogens with one attached hydrogen (secondary N) is 1. The summed E-state index contributed by atoms with van der Waals surface area (Å²) in [6.45, 7) is 6.44. The number of fused-ring (bicyclic) bond motifs is 1. The van der Waals surface area contributed by atoms with E-state index in [0.29, 0.717) is 6.04 Å². The molecule has 3 rings (SSSR count). The third kappa shape index (κ3) is 2.66. The topological polar surface area (TPSA) is 29.9 Å². The molecule has 19 heavy (non-hydrogen) atoms. The Balaban J connectivity index is 1.77. The molecular formula is C16H23N3. The SMILES string of the molecule is CCNCCCc1ccc2c(c1)nc(C)n2C1CC1. The fourth-order valence-electron chi connectivity index (χ4n) is 2.81. The number of rotatable bonds is 6. The van der Waals surface area contributed by atoms with E-state index in [-0.39, 0.29) is 0 Å². The van der Waals surface area contributed by atoms with Crippen molar-refractivity contribution in [2.45, 2.75) is 45.6 Å². The Morgan fingerprint density at radius 2 is 2.21 bits per heavy atom. The summed E-state index contributed by atoms with van der Waals surface area (Å²) >= 11 is 0. The standard InChI is InChI=1S/C16H23N3/c1-3-17-10-4-5-13-6-9-16-15(11-13)18-12(2)19(16)14-7-8-14/h6,9,11,14,17H,3-5,7-8,10H2,1-2H3. The minimum Gasteiger partial charge on any atom is -0.325 e. The molecule has 1 aromatic carbocycles. The van der Waals surface area contributed by atoms with Crippen molar-refractivity contribution >= 4 is 11.0 Å². The van der Waals surface area contributed by atoms with E-state index in [1.807, 2.05) is 0 Å². The largest absolute Gasteiger partial charge is 0.325 e.